The molecule has 0 N–H and O–H groups in total. The van der Waals surface area contributed by atoms with E-state index in [1.54, 1.807) is 38.4 Å². The fourth-order valence-electron chi connectivity index (χ4n) is 0.640. The predicted octanol–water partition coefficient (Wildman–Crippen LogP) is 1.64. The number of pyridine rings is 1. The van der Waals surface area contributed by atoms with Crippen LogP contribution in [-0.2, 0) is 4.79 Å². The first-order chi connectivity index (χ1) is 5.70. The number of carbonyl (C=O) groups is 1. The van der Waals surface area contributed by atoms with Crippen LogP contribution in [0.5, 0.6) is 5.75 Å². The van der Waals surface area contributed by atoms with Crippen LogP contribution in [0.1, 0.15) is 13.8 Å². The summed E-state index contributed by atoms with van der Waals surface area (Å²) < 4.78 is 5.00. The van der Waals surface area contributed by atoms with E-state index in [0.29, 0.717) is 5.75 Å². The van der Waals surface area contributed by atoms with E-state index in [1.807, 2.05) is 0 Å². The van der Waals surface area contributed by atoms with E-state index in [1.165, 1.54) is 0 Å². The summed E-state index contributed by atoms with van der Waals surface area (Å²) in [6, 6.07) is 3.31. The molecule has 1 heterocycles. The Balaban J connectivity index is 2.59. The molecule has 3 nitrogen and oxygen atoms in total. The first-order valence-corrected chi connectivity index (χ1v) is 3.82. The van der Waals surface area contributed by atoms with Gasteiger partial charge in [-0.2, -0.15) is 0 Å². The van der Waals surface area contributed by atoms with Crippen LogP contribution < -0.4 is 4.74 Å². The molecule has 0 aliphatic rings. The van der Waals surface area contributed by atoms with Crippen molar-refractivity contribution in [2.24, 2.45) is 5.92 Å². The summed E-state index contributed by atoms with van der Waals surface area (Å²) >= 11 is 0. The fourth-order valence-corrected chi connectivity index (χ4v) is 0.640. The average Bonchev–Trinajstić information content (AvgIpc) is 2.06. The molecule has 3 heteroatoms. The van der Waals surface area contributed by atoms with Crippen molar-refractivity contribution in [2.45, 2.75) is 13.8 Å². The third-order valence-electron chi connectivity index (χ3n) is 1.34. The number of carbonyl (C=O) groups excluding carboxylic acids is 1. The summed E-state index contributed by atoms with van der Waals surface area (Å²) in [7, 11) is 0. The summed E-state index contributed by atoms with van der Waals surface area (Å²) in [5.74, 6) is 0.225. The van der Waals surface area contributed by atoms with Crippen LogP contribution in [0.3, 0.4) is 0 Å². The zero-order chi connectivity index (χ0) is 8.97. The monoisotopic (exact) mass is 165 g/mol. The van der Waals surface area contributed by atoms with Crippen molar-refractivity contribution in [1.29, 1.82) is 0 Å². The Morgan fingerprint density at radius 1 is 1.42 bits per heavy atom. The molecule has 0 saturated heterocycles. The van der Waals surface area contributed by atoms with Crippen LogP contribution in [0.2, 0.25) is 0 Å². The second-order valence-corrected chi connectivity index (χ2v) is 2.76. The molecule has 0 radical (unpaired) electrons. The Hall–Kier alpha value is -1.38. The molecule has 12 heavy (non-hydrogen) atoms. The lowest BCUT2D eigenvalue weighted by Crippen LogP contribution is -2.14. The fraction of sp³-hybridized carbons (Fsp3) is 0.333. The molecule has 0 fully saturated rings. The van der Waals surface area contributed by atoms with Gasteiger partial charge in [0.05, 0.1) is 5.92 Å². The molecule has 0 amide bonds. The van der Waals surface area contributed by atoms with Crippen molar-refractivity contribution in [3.05, 3.63) is 24.5 Å². The van der Waals surface area contributed by atoms with E-state index in [2.05, 4.69) is 4.98 Å². The average molecular weight is 165 g/mol. The van der Waals surface area contributed by atoms with Crippen molar-refractivity contribution in [3.63, 3.8) is 0 Å². The number of nitrogens with zero attached hydrogens (tertiary/aromatic N) is 1. The number of ether oxygens (including phenoxy) is 1. The smallest absolute Gasteiger partial charge is 0.313 e. The molecule has 64 valence electrons. The molecule has 1 aromatic heterocycles. The van der Waals surface area contributed by atoms with Gasteiger partial charge in [-0.15, -0.1) is 0 Å². The normalized spacial score (nSPS) is 9.92. The molecule has 0 aliphatic carbocycles. The zero-order valence-corrected chi connectivity index (χ0v) is 7.15. The Kier molecular flexibility index (Phi) is 2.80. The molecule has 1 aromatic rings. The minimum Gasteiger partial charge on any atom is -0.426 e. The minimum atomic E-state index is -0.221. The minimum absolute atomic E-state index is 0.0989. The maximum atomic E-state index is 11.1. The van der Waals surface area contributed by atoms with Crippen molar-refractivity contribution < 1.29 is 9.53 Å². The lowest BCUT2D eigenvalue weighted by Gasteiger charge is -2.04. The van der Waals surface area contributed by atoms with Crippen LogP contribution in [0, 0.1) is 5.92 Å². The van der Waals surface area contributed by atoms with E-state index in [-0.39, 0.29) is 11.9 Å². The maximum Gasteiger partial charge on any atom is 0.313 e. The van der Waals surface area contributed by atoms with Gasteiger partial charge in [0, 0.05) is 12.4 Å². The predicted molar refractivity (Wildman–Crippen MR) is 44.7 cm³/mol. The summed E-state index contributed by atoms with van der Waals surface area (Å²) in [4.78, 5) is 14.9. The Labute approximate surface area is 71.4 Å². The van der Waals surface area contributed by atoms with Crippen LogP contribution in [0.4, 0.5) is 0 Å². The second kappa shape index (κ2) is 3.85. The SMILES string of the molecule is CC(C)C(=O)Oc1ccncc1. The number of hydrogen-bond acceptors (Lipinski definition) is 3. The van der Waals surface area contributed by atoms with E-state index < -0.39 is 0 Å². The number of hydrogen-bond donors (Lipinski definition) is 0. The quantitative estimate of drug-likeness (QED) is 0.625. The molecule has 0 aliphatic heterocycles. The van der Waals surface area contributed by atoms with Crippen LogP contribution in [-0.4, -0.2) is 11.0 Å². The van der Waals surface area contributed by atoms with E-state index >= 15 is 0 Å². The molecule has 0 saturated carbocycles. The Morgan fingerprint density at radius 3 is 2.50 bits per heavy atom. The topological polar surface area (TPSA) is 39.2 Å². The van der Waals surface area contributed by atoms with E-state index in [9.17, 15) is 4.79 Å². The van der Waals surface area contributed by atoms with Gasteiger partial charge in [0.2, 0.25) is 0 Å². The molecule has 0 bridgehead atoms. The van der Waals surface area contributed by atoms with Crippen LogP contribution in [0.25, 0.3) is 0 Å². The van der Waals surface area contributed by atoms with Gasteiger partial charge in [-0.05, 0) is 12.1 Å². The third kappa shape index (κ3) is 2.34. The van der Waals surface area contributed by atoms with E-state index in [4.69, 9.17) is 4.74 Å². The highest BCUT2D eigenvalue weighted by Gasteiger charge is 2.08. The second-order valence-electron chi connectivity index (χ2n) is 2.76. The lowest BCUT2D eigenvalue weighted by atomic mass is 10.2. The first-order valence-electron chi connectivity index (χ1n) is 3.82. The Morgan fingerprint density at radius 2 is 2.00 bits per heavy atom. The molecule has 1 rings (SSSR count). The van der Waals surface area contributed by atoms with Crippen molar-refractivity contribution in [2.75, 3.05) is 0 Å². The highest BCUT2D eigenvalue weighted by molar-refractivity contribution is 5.74. The molecular formula is C9H11NO2. The van der Waals surface area contributed by atoms with Crippen molar-refractivity contribution >= 4 is 5.97 Å². The standard InChI is InChI=1S/C9H11NO2/c1-7(2)9(11)12-8-3-5-10-6-4-8/h3-7H,1-2H3. The molecule has 0 spiro atoms. The summed E-state index contributed by atoms with van der Waals surface area (Å²) in [6.45, 7) is 3.59. The number of rotatable bonds is 2. The van der Waals surface area contributed by atoms with E-state index in [0.717, 1.165) is 0 Å². The summed E-state index contributed by atoms with van der Waals surface area (Å²) in [5.41, 5.74) is 0. The summed E-state index contributed by atoms with van der Waals surface area (Å²) in [6.07, 6.45) is 3.17. The Bertz CT molecular complexity index is 256. The van der Waals surface area contributed by atoms with Gasteiger partial charge in [-0.25, -0.2) is 0 Å². The number of esters is 1. The van der Waals surface area contributed by atoms with Gasteiger partial charge in [-0.1, -0.05) is 13.8 Å². The van der Waals surface area contributed by atoms with Gasteiger partial charge in [0.1, 0.15) is 5.75 Å². The van der Waals surface area contributed by atoms with Crippen molar-refractivity contribution in [1.82, 2.24) is 4.98 Å². The van der Waals surface area contributed by atoms with Crippen LogP contribution >= 0.6 is 0 Å². The lowest BCUT2D eigenvalue weighted by molar-refractivity contribution is -0.137. The van der Waals surface area contributed by atoms with Crippen LogP contribution in [0.15, 0.2) is 24.5 Å². The molecular weight excluding hydrogens is 154 g/mol. The van der Waals surface area contributed by atoms with Gasteiger partial charge in [0.15, 0.2) is 0 Å². The molecule has 0 aromatic carbocycles. The highest BCUT2D eigenvalue weighted by Crippen LogP contribution is 2.09. The van der Waals surface area contributed by atoms with Gasteiger partial charge < -0.3 is 4.74 Å². The van der Waals surface area contributed by atoms with Crippen molar-refractivity contribution in [3.8, 4) is 5.75 Å². The number of aromatic nitrogens is 1. The third-order valence-corrected chi connectivity index (χ3v) is 1.34. The molecule has 0 unspecified atom stereocenters. The maximum absolute atomic E-state index is 11.1. The van der Waals surface area contributed by atoms with Gasteiger partial charge >= 0.3 is 5.97 Å². The summed E-state index contributed by atoms with van der Waals surface area (Å²) in [5, 5.41) is 0. The molecule has 0 atom stereocenters. The largest absolute Gasteiger partial charge is 0.426 e. The van der Waals surface area contributed by atoms with Gasteiger partial charge in [0.25, 0.3) is 0 Å². The van der Waals surface area contributed by atoms with Gasteiger partial charge in [-0.3, -0.25) is 9.78 Å². The first kappa shape index (κ1) is 8.71. The highest BCUT2D eigenvalue weighted by atomic mass is 16.5. The zero-order valence-electron chi connectivity index (χ0n) is 7.15.